The van der Waals surface area contributed by atoms with E-state index in [0.29, 0.717) is 10.5 Å². The van der Waals surface area contributed by atoms with Gasteiger partial charge in [0.1, 0.15) is 24.9 Å². The first-order chi connectivity index (χ1) is 10.1. The quantitative estimate of drug-likeness (QED) is 0.509. The van der Waals surface area contributed by atoms with Gasteiger partial charge in [0.2, 0.25) is 5.88 Å². The lowest BCUT2D eigenvalue weighted by atomic mass is 10.1. The molecule has 0 amide bonds. The first kappa shape index (κ1) is 15.7. The highest BCUT2D eigenvalue weighted by atomic mass is 32.1. The maximum atomic E-state index is 11.0. The Morgan fingerprint density at radius 1 is 1.48 bits per heavy atom. The van der Waals surface area contributed by atoms with E-state index in [1.165, 1.54) is 6.92 Å². The zero-order valence-electron chi connectivity index (χ0n) is 12.2. The molecule has 0 atom stereocenters. The summed E-state index contributed by atoms with van der Waals surface area (Å²) in [7, 11) is 1.58. The average molecular weight is 310 g/mol. The van der Waals surface area contributed by atoms with Gasteiger partial charge in [-0.2, -0.15) is 4.59 Å². The zero-order valence-corrected chi connectivity index (χ0v) is 13.1. The maximum Gasteiger partial charge on any atom is 0.302 e. The summed E-state index contributed by atoms with van der Waals surface area (Å²) < 4.78 is 10.8. The first-order valence-electron chi connectivity index (χ1n) is 6.85. The predicted molar refractivity (Wildman–Crippen MR) is 82.8 cm³/mol. The molecule has 0 saturated carbocycles. The Labute approximate surface area is 129 Å². The Kier molecular flexibility index (Phi) is 5.08. The van der Waals surface area contributed by atoms with Crippen molar-refractivity contribution < 1.29 is 18.9 Å². The molecular formula is C14H20N3O3S+. The Hall–Kier alpha value is -1.73. The van der Waals surface area contributed by atoms with Crippen molar-refractivity contribution in [3.05, 3.63) is 18.3 Å². The van der Waals surface area contributed by atoms with Gasteiger partial charge in [-0.1, -0.05) is 0 Å². The van der Waals surface area contributed by atoms with E-state index in [9.17, 15) is 4.79 Å². The van der Waals surface area contributed by atoms with E-state index < -0.39 is 0 Å². The minimum absolute atomic E-state index is 0.0144. The van der Waals surface area contributed by atoms with Crippen LogP contribution in [0.3, 0.4) is 0 Å². The summed E-state index contributed by atoms with van der Waals surface area (Å²) in [5, 5.41) is 0. The summed E-state index contributed by atoms with van der Waals surface area (Å²) in [6.45, 7) is 2.98. The van der Waals surface area contributed by atoms with Crippen LogP contribution in [-0.2, 0) is 9.53 Å². The lowest BCUT2D eigenvalue weighted by Crippen LogP contribution is -2.56. The van der Waals surface area contributed by atoms with Crippen molar-refractivity contribution in [3.8, 4) is 5.88 Å². The number of hydrogen-bond acceptors (Lipinski definition) is 6. The van der Waals surface area contributed by atoms with Crippen molar-refractivity contribution in [2.24, 2.45) is 0 Å². The van der Waals surface area contributed by atoms with Gasteiger partial charge in [0.05, 0.1) is 13.3 Å². The lowest BCUT2D eigenvalue weighted by Gasteiger charge is -2.39. The van der Waals surface area contributed by atoms with Crippen LogP contribution in [0.5, 0.6) is 5.88 Å². The fourth-order valence-corrected chi connectivity index (χ4v) is 2.69. The molecule has 0 aromatic carbocycles. The highest BCUT2D eigenvalue weighted by Gasteiger charge is 2.34. The normalized spacial score (nSPS) is 25.0. The van der Waals surface area contributed by atoms with Crippen LogP contribution in [0.4, 0.5) is 5.69 Å². The summed E-state index contributed by atoms with van der Waals surface area (Å²) in [6, 6.07) is 3.71. The summed E-state index contributed by atoms with van der Waals surface area (Å²) in [5.74, 6) is 0.345. The second-order valence-corrected chi connectivity index (χ2v) is 5.31. The van der Waals surface area contributed by atoms with Gasteiger partial charge in [-0.25, -0.2) is 10.4 Å². The number of thiocarbonyl (C=S) groups is 1. The third kappa shape index (κ3) is 4.12. The number of pyridine rings is 1. The van der Waals surface area contributed by atoms with E-state index in [1.807, 2.05) is 6.07 Å². The summed E-state index contributed by atoms with van der Waals surface area (Å²) in [5.41, 5.74) is 5.98. The minimum Gasteiger partial charge on any atom is -0.481 e. The van der Waals surface area contributed by atoms with Crippen LogP contribution in [0.25, 0.3) is 0 Å². The molecule has 1 aromatic rings. The molecular weight excluding hydrogens is 290 g/mol. The fraction of sp³-hybridized carbons (Fsp3) is 0.500. The number of methoxy groups -OCH3 is 1. The van der Waals surface area contributed by atoms with E-state index >= 15 is 0 Å². The van der Waals surface area contributed by atoms with Crippen molar-refractivity contribution in [2.45, 2.75) is 25.9 Å². The molecule has 0 radical (unpaired) electrons. The molecule has 21 heavy (non-hydrogen) atoms. The molecule has 1 aliphatic rings. The van der Waals surface area contributed by atoms with Crippen LogP contribution < -0.4 is 10.2 Å². The maximum absolute atomic E-state index is 11.0. The topological polar surface area (TPSA) is 60.5 Å². The van der Waals surface area contributed by atoms with Gasteiger partial charge in [-0.05, 0) is 18.3 Å². The third-order valence-corrected chi connectivity index (χ3v) is 3.94. The number of carbonyl (C=O) groups is 1. The van der Waals surface area contributed by atoms with Crippen molar-refractivity contribution in [2.75, 3.05) is 25.6 Å². The number of piperidine rings is 1. The van der Waals surface area contributed by atoms with E-state index in [-0.39, 0.29) is 12.1 Å². The van der Waals surface area contributed by atoms with Crippen molar-refractivity contribution in [1.82, 2.24) is 4.98 Å². The second-order valence-electron chi connectivity index (χ2n) is 5.10. The van der Waals surface area contributed by atoms with E-state index in [0.717, 1.165) is 31.6 Å². The zero-order chi connectivity index (χ0) is 15.3. The van der Waals surface area contributed by atoms with Crippen LogP contribution in [0, 0.1) is 0 Å². The van der Waals surface area contributed by atoms with E-state index in [1.54, 1.807) is 24.9 Å². The molecule has 1 fully saturated rings. The predicted octanol–water partition coefficient (Wildman–Crippen LogP) is 1.92. The number of anilines is 1. The Morgan fingerprint density at radius 3 is 2.67 bits per heavy atom. The van der Waals surface area contributed by atoms with Crippen LogP contribution in [0.15, 0.2) is 18.3 Å². The molecule has 1 N–H and O–H groups in total. The highest BCUT2D eigenvalue weighted by molar-refractivity contribution is 7.78. The van der Waals surface area contributed by atoms with Gasteiger partial charge in [0, 0.05) is 25.8 Å². The number of quaternary nitrogens is 1. The Morgan fingerprint density at radius 2 is 2.19 bits per heavy atom. The number of aromatic nitrogens is 1. The van der Waals surface area contributed by atoms with Crippen LogP contribution >= 0.6 is 12.2 Å². The van der Waals surface area contributed by atoms with Gasteiger partial charge in [-0.15, -0.1) is 0 Å². The molecule has 0 unspecified atom stereocenters. The van der Waals surface area contributed by atoms with Gasteiger partial charge in [-0.3, -0.25) is 4.79 Å². The second kappa shape index (κ2) is 6.82. The molecule has 1 aliphatic heterocycles. The number of ether oxygens (including phenoxy) is 2. The van der Waals surface area contributed by atoms with Crippen LogP contribution in [-0.4, -0.2) is 47.3 Å². The van der Waals surface area contributed by atoms with Crippen molar-refractivity contribution >= 4 is 29.4 Å². The average Bonchev–Trinajstić information content (AvgIpc) is 2.50. The Balaban J connectivity index is 1.99. The summed E-state index contributed by atoms with van der Waals surface area (Å²) in [4.78, 5) is 15.2. The van der Waals surface area contributed by atoms with Crippen molar-refractivity contribution in [1.29, 1.82) is 0 Å². The summed E-state index contributed by atoms with van der Waals surface area (Å²) in [6.07, 6.45) is 3.27. The molecule has 0 aliphatic carbocycles. The number of nitrogens with zero attached hydrogens (tertiary/aromatic N) is 2. The van der Waals surface area contributed by atoms with E-state index in [2.05, 4.69) is 10.4 Å². The molecule has 114 valence electrons. The number of rotatable bonds is 5. The van der Waals surface area contributed by atoms with Crippen LogP contribution in [0.2, 0.25) is 0 Å². The number of likely N-dealkylation sites (tertiary alicyclic amines) is 1. The molecule has 0 spiro atoms. The fourth-order valence-electron chi connectivity index (χ4n) is 2.43. The molecule has 1 aromatic heterocycles. The SMILES string of the molecule is COc1ccc(N[N+]2(C=S)CCC(OC(C)=O)CC2)cn1. The highest BCUT2D eigenvalue weighted by Crippen LogP contribution is 2.22. The number of esters is 1. The van der Waals surface area contributed by atoms with Gasteiger partial charge in [0.25, 0.3) is 0 Å². The number of carbonyl (C=O) groups excluding carboxylic acids is 1. The molecule has 7 heteroatoms. The molecule has 0 bridgehead atoms. The molecule has 2 rings (SSSR count). The largest absolute Gasteiger partial charge is 0.481 e. The van der Waals surface area contributed by atoms with E-state index in [4.69, 9.17) is 21.7 Å². The van der Waals surface area contributed by atoms with Gasteiger partial charge in [0.15, 0.2) is 5.49 Å². The van der Waals surface area contributed by atoms with Gasteiger partial charge < -0.3 is 9.47 Å². The third-order valence-electron chi connectivity index (χ3n) is 3.53. The number of hydrogen-bond donors (Lipinski definition) is 1. The molecule has 6 nitrogen and oxygen atoms in total. The van der Waals surface area contributed by atoms with Crippen LogP contribution in [0.1, 0.15) is 19.8 Å². The standard InChI is InChI=1S/C14H20N3O3S/c1-11(18)20-13-5-7-17(10-21,8-6-13)16-12-3-4-14(19-2)15-9-12/h3-4,9-10,13,16H,5-8H2,1-2H3/q+1. The Bertz CT molecular complexity index is 499. The number of nitrogens with one attached hydrogen (secondary N) is 1. The van der Waals surface area contributed by atoms with Crippen molar-refractivity contribution in [3.63, 3.8) is 0 Å². The minimum atomic E-state index is -0.227. The first-order valence-corrected chi connectivity index (χ1v) is 7.33. The molecule has 2 heterocycles. The molecule has 1 saturated heterocycles. The smallest absolute Gasteiger partial charge is 0.302 e. The lowest BCUT2D eigenvalue weighted by molar-refractivity contribution is -0.817. The monoisotopic (exact) mass is 310 g/mol. The summed E-state index contributed by atoms with van der Waals surface area (Å²) >= 11 is 5.19. The van der Waals surface area contributed by atoms with Gasteiger partial charge >= 0.3 is 5.97 Å².